The fraction of sp³-hybridized carbons (Fsp3) is 0.933. The van der Waals surface area contributed by atoms with Crippen LogP contribution in [0.1, 0.15) is 84.0 Å². The van der Waals surface area contributed by atoms with Crippen LogP contribution in [0.4, 0.5) is 0 Å². The molecule has 0 aliphatic rings. The van der Waals surface area contributed by atoms with Crippen molar-refractivity contribution in [3.63, 3.8) is 0 Å². The van der Waals surface area contributed by atoms with E-state index in [-0.39, 0.29) is 15.0 Å². The first kappa shape index (κ1) is 17.0. The van der Waals surface area contributed by atoms with Gasteiger partial charge in [-0.05, 0) is 0 Å². The second-order valence-corrected chi connectivity index (χ2v) is 6.67. The molecule has 100 valence electrons. The molecule has 0 rings (SSSR count). The van der Waals surface area contributed by atoms with Gasteiger partial charge in [0.05, 0.1) is 0 Å². The molecule has 0 amide bonds. The van der Waals surface area contributed by atoms with Crippen LogP contribution < -0.4 is 0 Å². The summed E-state index contributed by atoms with van der Waals surface area (Å²) in [5.74, 6) is 0. The predicted molar refractivity (Wildman–Crippen MR) is 77.3 cm³/mol. The first-order chi connectivity index (χ1) is 8.41. The molecule has 0 saturated heterocycles. The molecule has 0 fully saturated rings. The van der Waals surface area contributed by atoms with Gasteiger partial charge < -0.3 is 0 Å². The van der Waals surface area contributed by atoms with Gasteiger partial charge in [-0.2, -0.15) is 0 Å². The Bertz CT molecular complexity index is 174. The Morgan fingerprint density at radius 1 is 0.706 bits per heavy atom. The van der Waals surface area contributed by atoms with Gasteiger partial charge in [-0.1, -0.05) is 13.3 Å². The van der Waals surface area contributed by atoms with E-state index in [9.17, 15) is 0 Å². The molecule has 0 unspecified atom stereocenters. The number of nitrogens with zero attached hydrogens (tertiary/aromatic N) is 1. The molecular weight excluding hydrogens is 273 g/mol. The Hall–Kier alpha value is 0.00948. The van der Waals surface area contributed by atoms with E-state index in [0.29, 0.717) is 0 Å². The number of rotatable bonds is 13. The van der Waals surface area contributed by atoms with Crippen molar-refractivity contribution in [3.05, 3.63) is 0 Å². The van der Waals surface area contributed by atoms with Gasteiger partial charge in [-0.3, -0.25) is 0 Å². The van der Waals surface area contributed by atoms with Gasteiger partial charge in [0, 0.05) is 0 Å². The summed E-state index contributed by atoms with van der Waals surface area (Å²) in [4.78, 5) is 2.27. The van der Waals surface area contributed by atoms with E-state index >= 15 is 0 Å². The zero-order valence-corrected chi connectivity index (χ0v) is 13.3. The Balaban J connectivity index is 2.87. The molecule has 17 heavy (non-hydrogen) atoms. The number of hydrogen-bond donors (Lipinski definition) is 0. The number of hydrogen-bond acceptors (Lipinski definition) is 1. The van der Waals surface area contributed by atoms with E-state index < -0.39 is 0 Å². The molecule has 0 N–H and O–H groups in total. The zero-order valence-electron chi connectivity index (χ0n) is 11.5. The van der Waals surface area contributed by atoms with Crippen molar-refractivity contribution >= 4 is 15.0 Å². The quantitative estimate of drug-likeness (QED) is 0.335. The normalized spacial score (nSPS) is 10.4. The van der Waals surface area contributed by atoms with Crippen LogP contribution in [0.2, 0.25) is 5.32 Å². The maximum absolute atomic E-state index is 8.42. The summed E-state index contributed by atoms with van der Waals surface area (Å²) in [5.41, 5.74) is 0. The van der Waals surface area contributed by atoms with Crippen LogP contribution in [-0.2, 0) is 0 Å². The van der Waals surface area contributed by atoms with Crippen molar-refractivity contribution in [1.82, 2.24) is 0 Å². The van der Waals surface area contributed by atoms with Crippen molar-refractivity contribution in [3.8, 4) is 4.97 Å². The zero-order chi connectivity index (χ0) is 12.6. The summed E-state index contributed by atoms with van der Waals surface area (Å²) >= 11 is 0.262. The molecule has 0 bridgehead atoms. The topological polar surface area (TPSA) is 23.8 Å². The third-order valence-electron chi connectivity index (χ3n) is 3.16. The average Bonchev–Trinajstić information content (AvgIpc) is 2.35. The van der Waals surface area contributed by atoms with Crippen LogP contribution in [0.3, 0.4) is 0 Å². The Kier molecular flexibility index (Phi) is 16.0. The van der Waals surface area contributed by atoms with Gasteiger partial charge in [-0.15, -0.1) is 0 Å². The third kappa shape index (κ3) is 16.0. The molecule has 0 aromatic rings. The van der Waals surface area contributed by atoms with E-state index in [2.05, 4.69) is 11.9 Å². The summed E-state index contributed by atoms with van der Waals surface area (Å²) in [7, 11) is 0. The van der Waals surface area contributed by atoms with Gasteiger partial charge in [0.2, 0.25) is 0 Å². The predicted octanol–water partition coefficient (Wildman–Crippen LogP) is 5.29. The summed E-state index contributed by atoms with van der Waals surface area (Å²) < 4.78 is 0. The molecule has 0 aliphatic carbocycles. The van der Waals surface area contributed by atoms with Gasteiger partial charge in [0.15, 0.2) is 0 Å². The van der Waals surface area contributed by atoms with Crippen LogP contribution in [-0.4, -0.2) is 15.0 Å². The Labute approximate surface area is 115 Å². The van der Waals surface area contributed by atoms with E-state index in [0.717, 1.165) is 0 Å². The molecule has 0 aromatic heterocycles. The molecule has 2 heteroatoms. The van der Waals surface area contributed by atoms with E-state index in [1.54, 1.807) is 0 Å². The van der Waals surface area contributed by atoms with Gasteiger partial charge in [-0.25, -0.2) is 0 Å². The van der Waals surface area contributed by atoms with E-state index in [4.69, 9.17) is 5.26 Å². The fourth-order valence-electron chi connectivity index (χ4n) is 2.06. The first-order valence-electron chi connectivity index (χ1n) is 7.42. The summed E-state index contributed by atoms with van der Waals surface area (Å²) in [6.45, 7) is 2.28. The van der Waals surface area contributed by atoms with Crippen molar-refractivity contribution < 1.29 is 0 Å². The SMILES string of the molecule is CCCCCCCCCCCCCC[Se]C#N. The van der Waals surface area contributed by atoms with Crippen molar-refractivity contribution in [2.45, 2.75) is 89.3 Å². The molecule has 0 heterocycles. The molecule has 0 radical (unpaired) electrons. The van der Waals surface area contributed by atoms with Crippen LogP contribution in [0, 0.1) is 10.2 Å². The molecule has 0 aromatic carbocycles. The van der Waals surface area contributed by atoms with E-state index in [1.807, 2.05) is 0 Å². The molecular formula is C15H29NSe. The van der Waals surface area contributed by atoms with Crippen LogP contribution >= 0.6 is 0 Å². The molecule has 0 aliphatic heterocycles. The standard InChI is InChI=1S/C15H29NSe/c1-2-3-4-5-6-7-8-9-10-11-12-13-14-17-15-16/h2-14H2,1H3. The third-order valence-corrected chi connectivity index (χ3v) is 4.47. The Morgan fingerprint density at radius 2 is 1.12 bits per heavy atom. The van der Waals surface area contributed by atoms with Crippen LogP contribution in [0.25, 0.3) is 0 Å². The summed E-state index contributed by atoms with van der Waals surface area (Å²) in [5, 5.41) is 9.59. The minimum absolute atomic E-state index is 0.262. The molecule has 0 atom stereocenters. The summed E-state index contributed by atoms with van der Waals surface area (Å²) in [6, 6.07) is 0. The Morgan fingerprint density at radius 3 is 1.53 bits per heavy atom. The van der Waals surface area contributed by atoms with Crippen LogP contribution in [0.5, 0.6) is 0 Å². The second-order valence-electron chi connectivity index (χ2n) is 4.83. The van der Waals surface area contributed by atoms with Gasteiger partial charge in [0.25, 0.3) is 0 Å². The minimum atomic E-state index is 0.262. The molecule has 0 saturated carbocycles. The van der Waals surface area contributed by atoms with Crippen molar-refractivity contribution in [1.29, 1.82) is 5.26 Å². The molecule has 0 spiro atoms. The monoisotopic (exact) mass is 303 g/mol. The van der Waals surface area contributed by atoms with Crippen molar-refractivity contribution in [2.24, 2.45) is 0 Å². The van der Waals surface area contributed by atoms with E-state index in [1.165, 1.54) is 82.4 Å². The molecule has 1 nitrogen and oxygen atoms in total. The first-order valence-corrected chi connectivity index (χ1v) is 9.49. The fourth-order valence-corrected chi connectivity index (χ4v) is 2.98. The second kappa shape index (κ2) is 16.0. The van der Waals surface area contributed by atoms with Crippen LogP contribution in [0.15, 0.2) is 0 Å². The summed E-state index contributed by atoms with van der Waals surface area (Å²) in [6.07, 6.45) is 16.9. The number of unbranched alkanes of at least 4 members (excludes halogenated alkanes) is 11. The van der Waals surface area contributed by atoms with Gasteiger partial charge >= 0.3 is 101 Å². The maximum atomic E-state index is 8.42. The number of nitriles is 1. The van der Waals surface area contributed by atoms with Gasteiger partial charge in [0.1, 0.15) is 0 Å². The average molecular weight is 302 g/mol. The van der Waals surface area contributed by atoms with Crippen molar-refractivity contribution in [2.75, 3.05) is 0 Å².